The molecule has 0 spiro atoms. The molecular weight excluding hydrogens is 227 g/mol. The summed E-state index contributed by atoms with van der Waals surface area (Å²) >= 11 is 6.07. The summed E-state index contributed by atoms with van der Waals surface area (Å²) in [5.74, 6) is -0.287. The maximum atomic E-state index is 13.0. The summed E-state index contributed by atoms with van der Waals surface area (Å²) in [6, 6.07) is 5.39. The molecule has 0 amide bonds. The van der Waals surface area contributed by atoms with Crippen molar-refractivity contribution in [2.45, 2.75) is 25.9 Å². The molecule has 0 bridgehead atoms. The first-order chi connectivity index (χ1) is 7.58. The Labute approximate surface area is 100 Å². The number of nitrogens with zero attached hydrogens (tertiary/aromatic N) is 1. The quantitative estimate of drug-likeness (QED) is 0.815. The number of benzene rings is 1. The highest BCUT2D eigenvalue weighted by molar-refractivity contribution is 6.33. The van der Waals surface area contributed by atoms with Crippen LogP contribution in [0.2, 0.25) is 5.02 Å². The number of rotatable bonds is 1. The summed E-state index contributed by atoms with van der Waals surface area (Å²) in [4.78, 5) is 2.23. The first-order valence-electron chi connectivity index (χ1n) is 5.53. The molecule has 0 radical (unpaired) electrons. The lowest BCUT2D eigenvalue weighted by molar-refractivity contribution is 0.425. The van der Waals surface area contributed by atoms with E-state index in [9.17, 15) is 4.39 Å². The third kappa shape index (κ3) is 2.30. The highest BCUT2D eigenvalue weighted by Gasteiger charge is 2.24. The third-order valence-corrected chi connectivity index (χ3v) is 3.29. The van der Waals surface area contributed by atoms with E-state index in [1.54, 1.807) is 6.07 Å². The number of piperazine rings is 1. The van der Waals surface area contributed by atoms with Gasteiger partial charge in [0.25, 0.3) is 0 Å². The van der Waals surface area contributed by atoms with Gasteiger partial charge in [-0.2, -0.15) is 0 Å². The van der Waals surface area contributed by atoms with E-state index >= 15 is 0 Å². The zero-order valence-electron chi connectivity index (χ0n) is 9.50. The first-order valence-corrected chi connectivity index (χ1v) is 5.91. The minimum absolute atomic E-state index is 0.287. The van der Waals surface area contributed by atoms with Gasteiger partial charge < -0.3 is 10.2 Å². The molecule has 1 aliphatic rings. The lowest BCUT2D eigenvalue weighted by atomic mass is 10.1. The van der Waals surface area contributed by atoms with Crippen LogP contribution in [0.3, 0.4) is 0 Å². The van der Waals surface area contributed by atoms with Crippen LogP contribution < -0.4 is 10.2 Å². The molecule has 2 atom stereocenters. The van der Waals surface area contributed by atoms with Crippen LogP contribution in [0, 0.1) is 5.82 Å². The van der Waals surface area contributed by atoms with Crippen LogP contribution in [-0.4, -0.2) is 25.2 Å². The molecule has 1 heterocycles. The van der Waals surface area contributed by atoms with Crippen molar-refractivity contribution in [1.82, 2.24) is 5.32 Å². The van der Waals surface area contributed by atoms with Gasteiger partial charge in [-0.05, 0) is 32.0 Å². The smallest absolute Gasteiger partial charge is 0.124 e. The molecule has 1 aromatic carbocycles. The lowest BCUT2D eigenvalue weighted by Gasteiger charge is -2.39. The number of nitrogens with one attached hydrogen (secondary N) is 1. The summed E-state index contributed by atoms with van der Waals surface area (Å²) in [5, 5.41) is 3.89. The summed E-state index contributed by atoms with van der Waals surface area (Å²) in [5.41, 5.74) is 0.920. The molecular formula is C12H16ClFN2. The van der Waals surface area contributed by atoms with Crippen molar-refractivity contribution >= 4 is 17.3 Å². The van der Waals surface area contributed by atoms with E-state index in [1.165, 1.54) is 12.1 Å². The second kappa shape index (κ2) is 4.60. The van der Waals surface area contributed by atoms with E-state index < -0.39 is 0 Å². The molecule has 1 N–H and O–H groups in total. The molecule has 0 aliphatic carbocycles. The van der Waals surface area contributed by atoms with Crippen LogP contribution in [0.1, 0.15) is 13.8 Å². The van der Waals surface area contributed by atoms with Crippen LogP contribution in [0.5, 0.6) is 0 Å². The third-order valence-electron chi connectivity index (χ3n) is 2.98. The summed E-state index contributed by atoms with van der Waals surface area (Å²) in [6.07, 6.45) is 0. The Morgan fingerprint density at radius 3 is 2.88 bits per heavy atom. The molecule has 2 rings (SSSR count). The monoisotopic (exact) mass is 242 g/mol. The van der Waals surface area contributed by atoms with Crippen molar-refractivity contribution in [3.63, 3.8) is 0 Å². The van der Waals surface area contributed by atoms with Crippen molar-refractivity contribution < 1.29 is 4.39 Å². The molecule has 88 valence electrons. The van der Waals surface area contributed by atoms with Gasteiger partial charge in [-0.15, -0.1) is 0 Å². The Balaban J connectivity index is 2.28. The fraction of sp³-hybridized carbons (Fsp3) is 0.500. The molecule has 0 aromatic heterocycles. The fourth-order valence-corrected chi connectivity index (χ4v) is 2.35. The first kappa shape index (κ1) is 11.7. The molecule has 1 fully saturated rings. The minimum Gasteiger partial charge on any atom is -0.365 e. The van der Waals surface area contributed by atoms with Crippen LogP contribution in [-0.2, 0) is 0 Å². The molecule has 0 saturated carbocycles. The van der Waals surface area contributed by atoms with E-state index in [2.05, 4.69) is 24.1 Å². The SMILES string of the molecule is CC1CN(c2ccc(F)cc2Cl)C(C)CN1. The van der Waals surface area contributed by atoms with E-state index in [0.29, 0.717) is 17.1 Å². The van der Waals surface area contributed by atoms with Crippen LogP contribution >= 0.6 is 11.6 Å². The van der Waals surface area contributed by atoms with E-state index in [4.69, 9.17) is 11.6 Å². The number of anilines is 1. The van der Waals surface area contributed by atoms with Gasteiger partial charge >= 0.3 is 0 Å². The van der Waals surface area contributed by atoms with Gasteiger partial charge in [0.2, 0.25) is 0 Å². The molecule has 1 aromatic rings. The summed E-state index contributed by atoms with van der Waals surface area (Å²) < 4.78 is 13.0. The Bertz CT molecular complexity index is 383. The maximum Gasteiger partial charge on any atom is 0.124 e. The molecule has 1 saturated heterocycles. The average molecular weight is 243 g/mol. The van der Waals surface area contributed by atoms with Crippen LogP contribution in [0.4, 0.5) is 10.1 Å². The van der Waals surface area contributed by atoms with Crippen LogP contribution in [0.15, 0.2) is 18.2 Å². The van der Waals surface area contributed by atoms with Crippen molar-refractivity contribution in [3.8, 4) is 0 Å². The van der Waals surface area contributed by atoms with Gasteiger partial charge in [0.1, 0.15) is 5.82 Å². The Morgan fingerprint density at radius 2 is 2.19 bits per heavy atom. The van der Waals surface area contributed by atoms with Crippen molar-refractivity contribution in [2.24, 2.45) is 0 Å². The molecule has 16 heavy (non-hydrogen) atoms. The predicted octanol–water partition coefficient (Wildman–Crippen LogP) is 2.67. The average Bonchev–Trinajstić information content (AvgIpc) is 2.22. The maximum absolute atomic E-state index is 13.0. The van der Waals surface area contributed by atoms with Gasteiger partial charge in [-0.1, -0.05) is 11.6 Å². The van der Waals surface area contributed by atoms with Crippen molar-refractivity contribution in [1.29, 1.82) is 0 Å². The van der Waals surface area contributed by atoms with E-state index in [0.717, 1.165) is 18.8 Å². The molecule has 1 aliphatic heterocycles. The zero-order chi connectivity index (χ0) is 11.7. The predicted molar refractivity (Wildman–Crippen MR) is 65.7 cm³/mol. The Hall–Kier alpha value is -0.800. The number of halogens is 2. The number of hydrogen-bond acceptors (Lipinski definition) is 2. The summed E-state index contributed by atoms with van der Waals surface area (Å²) in [7, 11) is 0. The van der Waals surface area contributed by atoms with E-state index in [-0.39, 0.29) is 5.82 Å². The molecule has 2 nitrogen and oxygen atoms in total. The zero-order valence-corrected chi connectivity index (χ0v) is 10.3. The van der Waals surface area contributed by atoms with Crippen LogP contribution in [0.25, 0.3) is 0 Å². The molecule has 4 heteroatoms. The second-order valence-electron chi connectivity index (χ2n) is 4.41. The van der Waals surface area contributed by atoms with Crippen molar-refractivity contribution in [3.05, 3.63) is 29.0 Å². The highest BCUT2D eigenvalue weighted by Crippen LogP contribution is 2.29. The Morgan fingerprint density at radius 1 is 1.44 bits per heavy atom. The normalized spacial score (nSPS) is 25.9. The second-order valence-corrected chi connectivity index (χ2v) is 4.81. The van der Waals surface area contributed by atoms with Gasteiger partial charge in [0.15, 0.2) is 0 Å². The van der Waals surface area contributed by atoms with Gasteiger partial charge in [-0.3, -0.25) is 0 Å². The number of hydrogen-bond donors (Lipinski definition) is 1. The standard InChI is InChI=1S/C12H16ClFN2/c1-8-7-16(9(2)6-15-8)12-4-3-10(14)5-11(12)13/h3-5,8-9,15H,6-7H2,1-2H3. The fourth-order valence-electron chi connectivity index (χ4n) is 2.07. The van der Waals surface area contributed by atoms with Gasteiger partial charge in [0.05, 0.1) is 10.7 Å². The topological polar surface area (TPSA) is 15.3 Å². The molecule has 2 unspecified atom stereocenters. The summed E-state index contributed by atoms with van der Waals surface area (Å²) in [6.45, 7) is 6.09. The van der Waals surface area contributed by atoms with Gasteiger partial charge in [0, 0.05) is 25.2 Å². The lowest BCUT2D eigenvalue weighted by Crippen LogP contribution is -2.54. The highest BCUT2D eigenvalue weighted by atomic mass is 35.5. The minimum atomic E-state index is -0.287. The Kier molecular flexibility index (Phi) is 3.36. The van der Waals surface area contributed by atoms with Gasteiger partial charge in [-0.25, -0.2) is 4.39 Å². The van der Waals surface area contributed by atoms with E-state index in [1.807, 2.05) is 0 Å². The largest absolute Gasteiger partial charge is 0.365 e. The van der Waals surface area contributed by atoms with Crippen molar-refractivity contribution in [2.75, 3.05) is 18.0 Å².